The largest absolute Gasteiger partial charge is 0.366 e. The molecule has 0 fully saturated rings. The van der Waals surface area contributed by atoms with Crippen LogP contribution in [0.4, 0.5) is 11.6 Å². The van der Waals surface area contributed by atoms with E-state index in [1.807, 2.05) is 0 Å². The second kappa shape index (κ2) is 8.10. The molecule has 0 saturated heterocycles. The lowest BCUT2D eigenvalue weighted by Gasteiger charge is -2.15. The van der Waals surface area contributed by atoms with Crippen molar-refractivity contribution in [3.8, 4) is 5.69 Å². The van der Waals surface area contributed by atoms with Gasteiger partial charge in [-0.2, -0.15) is 8.42 Å². The SMILES string of the molecule is Cc1cc(C(N)=O)ccc1-n1c(Nc2c(Cl)cccc2Cl)nc2cc(S(=O)(=O)O)ccc21. The Morgan fingerprint density at radius 3 is 2.38 bits per heavy atom. The molecule has 0 aliphatic heterocycles. The van der Waals surface area contributed by atoms with Crippen LogP contribution in [0, 0.1) is 6.92 Å². The number of hydrogen-bond acceptors (Lipinski definition) is 5. The van der Waals surface area contributed by atoms with Gasteiger partial charge in [0.2, 0.25) is 11.9 Å². The highest BCUT2D eigenvalue weighted by Crippen LogP contribution is 2.35. The zero-order chi connectivity index (χ0) is 23.2. The number of hydrogen-bond donors (Lipinski definition) is 3. The van der Waals surface area contributed by atoms with Crippen molar-refractivity contribution in [1.29, 1.82) is 0 Å². The summed E-state index contributed by atoms with van der Waals surface area (Å²) in [5, 5.41) is 3.82. The molecule has 1 aromatic heterocycles. The van der Waals surface area contributed by atoms with Crippen molar-refractivity contribution in [2.24, 2.45) is 5.73 Å². The van der Waals surface area contributed by atoms with Crippen molar-refractivity contribution in [3.05, 3.63) is 75.8 Å². The van der Waals surface area contributed by atoms with Gasteiger partial charge in [0.05, 0.1) is 37.3 Å². The summed E-state index contributed by atoms with van der Waals surface area (Å²) in [4.78, 5) is 15.8. The fourth-order valence-electron chi connectivity index (χ4n) is 3.34. The number of rotatable bonds is 5. The van der Waals surface area contributed by atoms with E-state index in [0.29, 0.717) is 43.6 Å². The Morgan fingerprint density at radius 2 is 1.78 bits per heavy atom. The first-order chi connectivity index (χ1) is 15.1. The zero-order valence-corrected chi connectivity index (χ0v) is 18.8. The molecule has 164 valence electrons. The van der Waals surface area contributed by atoms with E-state index in [-0.39, 0.29) is 10.8 Å². The Labute approximate surface area is 193 Å². The minimum atomic E-state index is -4.42. The molecule has 32 heavy (non-hydrogen) atoms. The zero-order valence-electron chi connectivity index (χ0n) is 16.5. The average molecular weight is 491 g/mol. The van der Waals surface area contributed by atoms with Gasteiger partial charge in [0.25, 0.3) is 10.1 Å². The number of carbonyl (C=O) groups excluding carboxylic acids is 1. The monoisotopic (exact) mass is 490 g/mol. The first kappa shape index (κ1) is 22.1. The molecular weight excluding hydrogens is 475 g/mol. The lowest BCUT2D eigenvalue weighted by Crippen LogP contribution is -2.12. The van der Waals surface area contributed by atoms with Crippen LogP contribution in [-0.4, -0.2) is 28.4 Å². The number of nitrogens with zero attached hydrogens (tertiary/aromatic N) is 2. The average Bonchev–Trinajstić information content (AvgIpc) is 3.07. The van der Waals surface area contributed by atoms with E-state index in [2.05, 4.69) is 10.3 Å². The molecule has 0 aliphatic rings. The first-order valence-corrected chi connectivity index (χ1v) is 11.4. The lowest BCUT2D eigenvalue weighted by molar-refractivity contribution is 0.1000. The van der Waals surface area contributed by atoms with Crippen molar-refractivity contribution in [2.75, 3.05) is 5.32 Å². The van der Waals surface area contributed by atoms with Gasteiger partial charge < -0.3 is 11.1 Å². The molecule has 0 saturated carbocycles. The molecule has 11 heteroatoms. The van der Waals surface area contributed by atoms with Gasteiger partial charge >= 0.3 is 0 Å². The number of nitrogens with two attached hydrogens (primary N) is 1. The number of para-hydroxylation sites is 1. The van der Waals surface area contributed by atoms with E-state index in [4.69, 9.17) is 28.9 Å². The van der Waals surface area contributed by atoms with Gasteiger partial charge in [-0.1, -0.05) is 29.3 Å². The van der Waals surface area contributed by atoms with Crippen LogP contribution in [-0.2, 0) is 10.1 Å². The lowest BCUT2D eigenvalue weighted by atomic mass is 10.1. The van der Waals surface area contributed by atoms with Gasteiger partial charge in [-0.3, -0.25) is 13.9 Å². The van der Waals surface area contributed by atoms with Gasteiger partial charge in [-0.05, 0) is 61.0 Å². The summed E-state index contributed by atoms with van der Waals surface area (Å²) in [5.74, 6) is -0.272. The van der Waals surface area contributed by atoms with Gasteiger partial charge in [-0.25, -0.2) is 4.98 Å². The molecule has 0 aliphatic carbocycles. The summed E-state index contributed by atoms with van der Waals surface area (Å²) in [6, 6.07) is 14.0. The smallest absolute Gasteiger partial charge is 0.294 e. The Balaban J connectivity index is 1.99. The normalized spacial score (nSPS) is 11.6. The van der Waals surface area contributed by atoms with E-state index >= 15 is 0 Å². The Hall–Kier alpha value is -3.11. The van der Waals surface area contributed by atoms with Gasteiger partial charge in [0, 0.05) is 5.56 Å². The topological polar surface area (TPSA) is 127 Å². The van der Waals surface area contributed by atoms with Crippen molar-refractivity contribution in [3.63, 3.8) is 0 Å². The van der Waals surface area contributed by atoms with Crippen LogP contribution < -0.4 is 11.1 Å². The van der Waals surface area contributed by atoms with Crippen molar-refractivity contribution in [2.45, 2.75) is 11.8 Å². The molecule has 0 atom stereocenters. The highest BCUT2D eigenvalue weighted by Gasteiger charge is 2.19. The molecule has 4 rings (SSSR count). The number of carbonyl (C=O) groups is 1. The molecule has 0 bridgehead atoms. The minimum Gasteiger partial charge on any atom is -0.366 e. The molecule has 0 radical (unpaired) electrons. The number of nitrogens with one attached hydrogen (secondary N) is 1. The van der Waals surface area contributed by atoms with E-state index in [0.717, 1.165) is 0 Å². The Morgan fingerprint density at radius 1 is 1.09 bits per heavy atom. The van der Waals surface area contributed by atoms with Crippen molar-refractivity contribution >= 4 is 61.9 Å². The van der Waals surface area contributed by atoms with Gasteiger partial charge in [-0.15, -0.1) is 0 Å². The third-order valence-electron chi connectivity index (χ3n) is 4.85. The number of primary amides is 1. The van der Waals surface area contributed by atoms with Crippen molar-refractivity contribution < 1.29 is 17.8 Å². The molecule has 0 unspecified atom stereocenters. The fourth-order valence-corrected chi connectivity index (χ4v) is 4.33. The third-order valence-corrected chi connectivity index (χ3v) is 6.33. The van der Waals surface area contributed by atoms with Crippen LogP contribution in [0.15, 0.2) is 59.5 Å². The maximum absolute atomic E-state index is 11.6. The molecule has 8 nitrogen and oxygen atoms in total. The highest BCUT2D eigenvalue weighted by molar-refractivity contribution is 7.85. The van der Waals surface area contributed by atoms with E-state index < -0.39 is 16.0 Å². The summed E-state index contributed by atoms with van der Waals surface area (Å²) < 4.78 is 34.3. The predicted molar refractivity (Wildman–Crippen MR) is 124 cm³/mol. The predicted octanol–water partition coefficient (Wildman–Crippen LogP) is 4.73. The number of imidazole rings is 1. The van der Waals surface area contributed by atoms with Crippen LogP contribution in [0.2, 0.25) is 10.0 Å². The first-order valence-electron chi connectivity index (χ1n) is 9.18. The second-order valence-corrected chi connectivity index (χ2v) is 9.22. The Bertz CT molecular complexity index is 1480. The summed E-state index contributed by atoms with van der Waals surface area (Å²) in [5.41, 5.74) is 8.34. The van der Waals surface area contributed by atoms with Crippen LogP contribution in [0.25, 0.3) is 16.7 Å². The third kappa shape index (κ3) is 4.03. The maximum atomic E-state index is 11.6. The fraction of sp³-hybridized carbons (Fsp3) is 0.0476. The molecule has 4 aromatic rings. The van der Waals surface area contributed by atoms with E-state index in [9.17, 15) is 17.8 Å². The quantitative estimate of drug-likeness (QED) is 0.347. The highest BCUT2D eigenvalue weighted by atomic mass is 35.5. The number of benzene rings is 3. The number of aromatic nitrogens is 2. The maximum Gasteiger partial charge on any atom is 0.294 e. The van der Waals surface area contributed by atoms with Crippen LogP contribution in [0.3, 0.4) is 0 Å². The molecule has 1 amide bonds. The van der Waals surface area contributed by atoms with Crippen molar-refractivity contribution in [1.82, 2.24) is 9.55 Å². The number of halogens is 2. The van der Waals surface area contributed by atoms with E-state index in [1.165, 1.54) is 18.2 Å². The number of fused-ring (bicyclic) bond motifs is 1. The summed E-state index contributed by atoms with van der Waals surface area (Å²) in [6.07, 6.45) is 0. The van der Waals surface area contributed by atoms with Gasteiger partial charge in [0.15, 0.2) is 0 Å². The minimum absolute atomic E-state index is 0.289. The molecule has 4 N–H and O–H groups in total. The van der Waals surface area contributed by atoms with Crippen LogP contribution in [0.1, 0.15) is 15.9 Å². The summed E-state index contributed by atoms with van der Waals surface area (Å²) >= 11 is 12.6. The van der Waals surface area contributed by atoms with Gasteiger partial charge in [0.1, 0.15) is 0 Å². The second-order valence-electron chi connectivity index (χ2n) is 6.98. The standard InChI is InChI=1S/C21H16Cl2N4O4S/c1-11-9-12(20(24)28)5-7-17(11)27-18-8-6-13(32(29,30)31)10-16(18)25-21(27)26-19-14(22)3-2-4-15(19)23/h2-10H,1H3,(H2,24,28)(H,25,26)(H,29,30,31). The van der Waals surface area contributed by atoms with Crippen LogP contribution in [0.5, 0.6) is 0 Å². The number of aryl methyl sites for hydroxylation is 1. The Kier molecular flexibility index (Phi) is 5.59. The number of amides is 1. The molecular formula is C21H16Cl2N4O4S. The molecule has 0 spiro atoms. The van der Waals surface area contributed by atoms with E-state index in [1.54, 1.807) is 47.9 Å². The van der Waals surface area contributed by atoms with Crippen LogP contribution >= 0.6 is 23.2 Å². The molecule has 1 heterocycles. The molecule has 3 aromatic carbocycles. The summed E-state index contributed by atoms with van der Waals surface area (Å²) in [7, 11) is -4.42. The summed E-state index contributed by atoms with van der Waals surface area (Å²) in [6.45, 7) is 1.80. The number of anilines is 2.